The van der Waals surface area contributed by atoms with Crippen LogP contribution in [0.5, 0.6) is 0 Å². The number of benzene rings is 1. The van der Waals surface area contributed by atoms with Gasteiger partial charge < -0.3 is 5.32 Å². The van der Waals surface area contributed by atoms with E-state index in [4.69, 9.17) is 0 Å². The average molecular weight is 275 g/mol. The Balaban J connectivity index is 1.95. The van der Waals surface area contributed by atoms with E-state index in [9.17, 15) is 4.79 Å². The maximum absolute atomic E-state index is 11.9. The third-order valence-electron chi connectivity index (χ3n) is 2.67. The summed E-state index contributed by atoms with van der Waals surface area (Å²) in [6.45, 7) is 6.13. The van der Waals surface area contributed by atoms with Gasteiger partial charge in [0.05, 0.1) is 6.42 Å². The van der Waals surface area contributed by atoms with E-state index in [0.717, 1.165) is 10.6 Å². The monoisotopic (exact) mass is 275 g/mol. The summed E-state index contributed by atoms with van der Waals surface area (Å²) in [4.78, 5) is 11.9. The van der Waals surface area contributed by atoms with Crippen LogP contribution in [0.1, 0.15) is 35.9 Å². The molecule has 0 bridgehead atoms. The van der Waals surface area contributed by atoms with E-state index >= 15 is 0 Å². The maximum atomic E-state index is 11.9. The van der Waals surface area contributed by atoms with Crippen LogP contribution in [0.25, 0.3) is 0 Å². The van der Waals surface area contributed by atoms with Crippen molar-refractivity contribution in [2.75, 3.05) is 5.32 Å². The molecule has 0 spiro atoms. The molecule has 100 valence electrons. The van der Waals surface area contributed by atoms with E-state index in [1.807, 2.05) is 31.2 Å². The van der Waals surface area contributed by atoms with Crippen LogP contribution in [0, 0.1) is 6.92 Å². The van der Waals surface area contributed by atoms with Crippen LogP contribution in [0.2, 0.25) is 0 Å². The molecule has 2 rings (SSSR count). The molecule has 0 aliphatic rings. The Morgan fingerprint density at radius 1 is 1.26 bits per heavy atom. The zero-order valence-corrected chi connectivity index (χ0v) is 12.1. The molecule has 5 heteroatoms. The van der Waals surface area contributed by atoms with Crippen molar-refractivity contribution in [2.24, 2.45) is 0 Å². The molecule has 0 saturated heterocycles. The Morgan fingerprint density at radius 2 is 1.95 bits per heavy atom. The molecule has 1 aromatic carbocycles. The highest BCUT2D eigenvalue weighted by atomic mass is 32.1. The number of aromatic nitrogens is 2. The van der Waals surface area contributed by atoms with Crippen molar-refractivity contribution < 1.29 is 4.79 Å². The van der Waals surface area contributed by atoms with Crippen molar-refractivity contribution in [3.63, 3.8) is 0 Å². The fourth-order valence-electron chi connectivity index (χ4n) is 1.57. The smallest absolute Gasteiger partial charge is 0.230 e. The summed E-state index contributed by atoms with van der Waals surface area (Å²) in [5.41, 5.74) is 2.19. The van der Waals surface area contributed by atoms with Gasteiger partial charge >= 0.3 is 0 Å². The summed E-state index contributed by atoms with van der Waals surface area (Å²) in [5, 5.41) is 12.3. The van der Waals surface area contributed by atoms with E-state index in [0.29, 0.717) is 17.5 Å². The Bertz CT molecular complexity index is 560. The fourth-order valence-corrected chi connectivity index (χ4v) is 2.34. The van der Waals surface area contributed by atoms with Crippen LogP contribution in [0.4, 0.5) is 5.13 Å². The molecule has 0 aliphatic heterocycles. The lowest BCUT2D eigenvalue weighted by Crippen LogP contribution is -2.14. The van der Waals surface area contributed by atoms with Crippen molar-refractivity contribution >= 4 is 22.4 Å². The summed E-state index contributed by atoms with van der Waals surface area (Å²) in [6, 6.07) is 7.94. The number of nitrogens with zero attached hydrogens (tertiary/aromatic N) is 2. The lowest BCUT2D eigenvalue weighted by Gasteiger charge is -2.02. The van der Waals surface area contributed by atoms with Crippen LogP contribution < -0.4 is 5.32 Å². The van der Waals surface area contributed by atoms with Gasteiger partial charge in [0, 0.05) is 5.92 Å². The minimum atomic E-state index is -0.0599. The van der Waals surface area contributed by atoms with Gasteiger partial charge in [-0.1, -0.05) is 55.0 Å². The first-order valence-corrected chi connectivity index (χ1v) is 7.05. The SMILES string of the molecule is Cc1ccc(CC(=O)Nc2nnc(C(C)C)s2)cc1. The molecule has 0 radical (unpaired) electrons. The molecule has 1 heterocycles. The molecular formula is C14H17N3OS. The number of hydrogen-bond acceptors (Lipinski definition) is 4. The van der Waals surface area contributed by atoms with Crippen molar-refractivity contribution in [2.45, 2.75) is 33.1 Å². The molecule has 0 aliphatic carbocycles. The van der Waals surface area contributed by atoms with E-state index in [1.165, 1.54) is 16.9 Å². The van der Waals surface area contributed by atoms with Gasteiger partial charge in [0.25, 0.3) is 0 Å². The van der Waals surface area contributed by atoms with Gasteiger partial charge in [-0.25, -0.2) is 0 Å². The topological polar surface area (TPSA) is 54.9 Å². The van der Waals surface area contributed by atoms with Gasteiger partial charge in [0.1, 0.15) is 5.01 Å². The van der Waals surface area contributed by atoms with E-state index in [2.05, 4.69) is 29.4 Å². The lowest BCUT2D eigenvalue weighted by molar-refractivity contribution is -0.115. The number of carbonyl (C=O) groups is 1. The van der Waals surface area contributed by atoms with Crippen LogP contribution in [0.3, 0.4) is 0 Å². The fraction of sp³-hybridized carbons (Fsp3) is 0.357. The summed E-state index contributed by atoms with van der Waals surface area (Å²) in [7, 11) is 0. The minimum Gasteiger partial charge on any atom is -0.300 e. The van der Waals surface area contributed by atoms with Gasteiger partial charge in [-0.15, -0.1) is 10.2 Å². The molecule has 1 N–H and O–H groups in total. The Kier molecular flexibility index (Phi) is 4.27. The predicted molar refractivity (Wildman–Crippen MR) is 77.5 cm³/mol. The Morgan fingerprint density at radius 3 is 2.53 bits per heavy atom. The maximum Gasteiger partial charge on any atom is 0.230 e. The normalized spacial score (nSPS) is 10.7. The van der Waals surface area contributed by atoms with Gasteiger partial charge in [-0.2, -0.15) is 0 Å². The third kappa shape index (κ3) is 3.86. The number of anilines is 1. The molecule has 0 atom stereocenters. The van der Waals surface area contributed by atoms with Gasteiger partial charge in [0.15, 0.2) is 0 Å². The van der Waals surface area contributed by atoms with Gasteiger partial charge in [-0.3, -0.25) is 4.79 Å². The second-order valence-corrected chi connectivity index (χ2v) is 5.82. The number of hydrogen-bond donors (Lipinski definition) is 1. The summed E-state index contributed by atoms with van der Waals surface area (Å²) < 4.78 is 0. The molecular weight excluding hydrogens is 258 g/mol. The number of aryl methyl sites for hydroxylation is 1. The van der Waals surface area contributed by atoms with Crippen LogP contribution >= 0.6 is 11.3 Å². The largest absolute Gasteiger partial charge is 0.300 e. The first kappa shape index (κ1) is 13.7. The van der Waals surface area contributed by atoms with Crippen molar-refractivity contribution in [1.82, 2.24) is 10.2 Å². The highest BCUT2D eigenvalue weighted by Gasteiger charge is 2.10. The van der Waals surface area contributed by atoms with Crippen LogP contribution in [-0.2, 0) is 11.2 Å². The summed E-state index contributed by atoms with van der Waals surface area (Å²) >= 11 is 1.43. The summed E-state index contributed by atoms with van der Waals surface area (Å²) in [6.07, 6.45) is 0.358. The molecule has 0 saturated carbocycles. The summed E-state index contributed by atoms with van der Waals surface area (Å²) in [5.74, 6) is 0.274. The molecule has 0 unspecified atom stereocenters. The molecule has 1 aromatic heterocycles. The molecule has 4 nitrogen and oxygen atoms in total. The zero-order chi connectivity index (χ0) is 13.8. The van der Waals surface area contributed by atoms with Gasteiger partial charge in [-0.05, 0) is 12.5 Å². The standard InChI is InChI=1S/C14H17N3OS/c1-9(2)13-16-17-14(19-13)15-12(18)8-11-6-4-10(3)5-7-11/h4-7,9H,8H2,1-3H3,(H,15,17,18). The van der Waals surface area contributed by atoms with Crippen LogP contribution in [-0.4, -0.2) is 16.1 Å². The quantitative estimate of drug-likeness (QED) is 0.932. The second kappa shape index (κ2) is 5.93. The molecule has 1 amide bonds. The Labute approximate surface area is 116 Å². The number of rotatable bonds is 4. The first-order valence-electron chi connectivity index (χ1n) is 6.23. The average Bonchev–Trinajstić information content (AvgIpc) is 2.80. The highest BCUT2D eigenvalue weighted by molar-refractivity contribution is 7.15. The highest BCUT2D eigenvalue weighted by Crippen LogP contribution is 2.22. The lowest BCUT2D eigenvalue weighted by atomic mass is 10.1. The van der Waals surface area contributed by atoms with Crippen molar-refractivity contribution in [3.8, 4) is 0 Å². The van der Waals surface area contributed by atoms with Gasteiger partial charge in [0.2, 0.25) is 11.0 Å². The molecule has 19 heavy (non-hydrogen) atoms. The van der Waals surface area contributed by atoms with E-state index in [-0.39, 0.29) is 5.91 Å². The van der Waals surface area contributed by atoms with E-state index in [1.54, 1.807) is 0 Å². The number of carbonyl (C=O) groups excluding carboxylic acids is 1. The first-order chi connectivity index (χ1) is 9.04. The zero-order valence-electron chi connectivity index (χ0n) is 11.3. The Hall–Kier alpha value is -1.75. The minimum absolute atomic E-state index is 0.0599. The molecule has 2 aromatic rings. The number of amides is 1. The second-order valence-electron chi connectivity index (χ2n) is 4.81. The van der Waals surface area contributed by atoms with E-state index < -0.39 is 0 Å². The number of nitrogens with one attached hydrogen (secondary N) is 1. The third-order valence-corrected chi connectivity index (χ3v) is 3.81. The van der Waals surface area contributed by atoms with Crippen LogP contribution in [0.15, 0.2) is 24.3 Å². The van der Waals surface area contributed by atoms with Crippen molar-refractivity contribution in [3.05, 3.63) is 40.4 Å². The van der Waals surface area contributed by atoms with Crippen molar-refractivity contribution in [1.29, 1.82) is 0 Å². The molecule has 0 fully saturated rings. The predicted octanol–water partition coefficient (Wildman–Crippen LogP) is 3.15.